The Morgan fingerprint density at radius 1 is 0.341 bits per heavy atom. The molecule has 0 bridgehead atoms. The fraction of sp³-hybridized carbons (Fsp3) is 0.905. The highest BCUT2D eigenvalue weighted by Crippen LogP contribution is 2.22. The summed E-state index contributed by atoms with van der Waals surface area (Å²) in [5.74, 6) is 0.0956. The first kappa shape index (κ1) is 82.7. The molecule has 0 rings (SSSR count). The van der Waals surface area contributed by atoms with Crippen LogP contribution in [0, 0.1) is 11.8 Å². The Kier molecular flexibility index (Phi) is 65.8. The van der Waals surface area contributed by atoms with Crippen LogP contribution in [0.15, 0.2) is 24.3 Å². The third-order valence-corrected chi connectivity index (χ3v) is 16.8. The van der Waals surface area contributed by atoms with Crippen molar-refractivity contribution in [1.82, 2.24) is 9.80 Å². The van der Waals surface area contributed by atoms with Crippen molar-refractivity contribution in [1.29, 1.82) is 0 Å². The number of esters is 3. The summed E-state index contributed by atoms with van der Waals surface area (Å²) in [4.78, 5) is 43.6. The molecule has 0 heterocycles. The van der Waals surface area contributed by atoms with E-state index in [1.807, 2.05) is 0 Å². The van der Waals surface area contributed by atoms with Crippen molar-refractivity contribution < 1.29 is 43.2 Å². The second kappa shape index (κ2) is 67.6. The van der Waals surface area contributed by atoms with Crippen LogP contribution in [-0.2, 0) is 38.1 Å². The summed E-state index contributed by atoms with van der Waals surface area (Å²) in [6.45, 7) is 22.4. The van der Waals surface area contributed by atoms with Gasteiger partial charge in [0.1, 0.15) is 0 Å². The Morgan fingerprint density at radius 2 is 0.682 bits per heavy atom. The average Bonchev–Trinajstić information content (AvgIpc) is 3.51. The Balaban J connectivity index is 4.87. The van der Waals surface area contributed by atoms with E-state index in [9.17, 15) is 19.5 Å². The number of unbranched alkanes of at least 4 members (excludes halogenated alkanes) is 28. The van der Waals surface area contributed by atoms with Gasteiger partial charge in [-0.2, -0.15) is 0 Å². The van der Waals surface area contributed by atoms with Crippen LogP contribution < -0.4 is 0 Å². The minimum absolute atomic E-state index is 0.0452. The van der Waals surface area contributed by atoms with Gasteiger partial charge in [-0.15, -0.1) is 0 Å². The minimum atomic E-state index is -0.367. The lowest BCUT2D eigenvalue weighted by atomic mass is 9.95. The molecule has 0 radical (unpaired) electrons. The van der Waals surface area contributed by atoms with Gasteiger partial charge in [-0.1, -0.05) is 226 Å². The number of aliphatic hydroxyl groups excluding tert-OH is 1. The molecule has 0 aliphatic heterocycles. The van der Waals surface area contributed by atoms with Gasteiger partial charge >= 0.3 is 17.9 Å². The third kappa shape index (κ3) is 57.9. The second-order valence-corrected chi connectivity index (χ2v) is 24.9. The Hall–Kier alpha value is -2.31. The average molecular weight is 1200 g/mol. The van der Waals surface area contributed by atoms with Crippen molar-refractivity contribution >= 4 is 17.9 Å². The molecule has 85 heavy (non-hydrogen) atoms. The van der Waals surface area contributed by atoms with Crippen LogP contribution in [0.3, 0.4) is 0 Å². The molecule has 502 valence electrons. The number of carbonyl (C=O) groups is 3. The van der Waals surface area contributed by atoms with Gasteiger partial charge in [-0.3, -0.25) is 14.4 Å². The molecule has 2 unspecified atom stereocenters. The first-order valence-corrected chi connectivity index (χ1v) is 36.9. The zero-order valence-electron chi connectivity index (χ0n) is 57.2. The number of allylic oxidation sites excluding steroid dienone is 4. The predicted octanol–water partition coefficient (Wildman–Crippen LogP) is 20.0. The highest BCUT2D eigenvalue weighted by Gasteiger charge is 2.21. The number of rotatable bonds is 69. The van der Waals surface area contributed by atoms with Gasteiger partial charge in [-0.05, 0) is 155 Å². The maximum atomic E-state index is 12.9. The molecule has 0 saturated heterocycles. The zero-order valence-corrected chi connectivity index (χ0v) is 57.2. The van der Waals surface area contributed by atoms with Crippen molar-refractivity contribution in [3.05, 3.63) is 24.3 Å². The van der Waals surface area contributed by atoms with E-state index in [4.69, 9.17) is 23.7 Å². The van der Waals surface area contributed by atoms with E-state index in [-0.39, 0.29) is 42.6 Å². The van der Waals surface area contributed by atoms with Gasteiger partial charge in [0, 0.05) is 26.2 Å². The molecule has 0 aromatic heterocycles. The van der Waals surface area contributed by atoms with E-state index in [0.717, 1.165) is 219 Å². The summed E-state index contributed by atoms with van der Waals surface area (Å²) in [7, 11) is 0. The van der Waals surface area contributed by atoms with Gasteiger partial charge in [0.2, 0.25) is 0 Å². The Morgan fingerprint density at radius 3 is 1.08 bits per heavy atom. The van der Waals surface area contributed by atoms with Gasteiger partial charge in [0.25, 0.3) is 0 Å². The van der Waals surface area contributed by atoms with Crippen molar-refractivity contribution in [3.8, 4) is 0 Å². The van der Waals surface area contributed by atoms with Crippen LogP contribution in [0.4, 0.5) is 0 Å². The smallest absolute Gasteiger partial charge is 0.308 e. The fourth-order valence-corrected chi connectivity index (χ4v) is 11.3. The van der Waals surface area contributed by atoms with E-state index in [1.165, 1.54) is 103 Å². The lowest BCUT2D eigenvalue weighted by Crippen LogP contribution is -2.33. The molecule has 2 atom stereocenters. The summed E-state index contributed by atoms with van der Waals surface area (Å²) in [5, 5.41) is 9.98. The van der Waals surface area contributed by atoms with E-state index in [2.05, 4.69) is 75.6 Å². The van der Waals surface area contributed by atoms with E-state index < -0.39 is 0 Å². The quantitative estimate of drug-likeness (QED) is 0.0206. The van der Waals surface area contributed by atoms with Gasteiger partial charge < -0.3 is 38.6 Å². The topological polar surface area (TPSA) is 124 Å². The molecule has 11 heteroatoms. The van der Waals surface area contributed by atoms with Crippen molar-refractivity contribution in [2.24, 2.45) is 11.8 Å². The maximum absolute atomic E-state index is 12.9. The van der Waals surface area contributed by atoms with E-state index in [1.54, 1.807) is 0 Å². The molecule has 0 aliphatic rings. The van der Waals surface area contributed by atoms with E-state index in [0.29, 0.717) is 45.9 Å². The highest BCUT2D eigenvalue weighted by molar-refractivity contribution is 5.72. The lowest BCUT2D eigenvalue weighted by molar-refractivity contribution is -0.159. The number of hydrogen-bond donors (Lipinski definition) is 1. The lowest BCUT2D eigenvalue weighted by Gasteiger charge is -2.26. The monoisotopic (exact) mass is 1200 g/mol. The molecule has 0 spiro atoms. The first-order valence-electron chi connectivity index (χ1n) is 36.9. The summed E-state index contributed by atoms with van der Waals surface area (Å²) in [5.41, 5.74) is 0. The molecule has 1 N–H and O–H groups in total. The van der Waals surface area contributed by atoms with Crippen molar-refractivity contribution in [2.75, 3.05) is 78.9 Å². The Bertz CT molecular complexity index is 1380. The number of carbonyl (C=O) groups excluding carboxylic acids is 3. The fourth-order valence-electron chi connectivity index (χ4n) is 11.3. The summed E-state index contributed by atoms with van der Waals surface area (Å²) in [6, 6.07) is 0. The first-order chi connectivity index (χ1) is 41.8. The normalized spacial score (nSPS) is 12.7. The summed E-state index contributed by atoms with van der Waals surface area (Å²) < 4.78 is 29.4. The van der Waals surface area contributed by atoms with Gasteiger partial charge in [-0.25, -0.2) is 0 Å². The molecule has 0 aromatic carbocycles. The molecule has 0 amide bonds. The van der Waals surface area contributed by atoms with Crippen LogP contribution >= 0.6 is 0 Å². The zero-order chi connectivity index (χ0) is 62.0. The largest absolute Gasteiger partial charge is 0.466 e. The molecule has 0 aliphatic carbocycles. The van der Waals surface area contributed by atoms with Crippen molar-refractivity contribution in [3.63, 3.8) is 0 Å². The minimum Gasteiger partial charge on any atom is -0.466 e. The Labute approximate surface area is 526 Å². The van der Waals surface area contributed by atoms with Crippen molar-refractivity contribution in [2.45, 2.75) is 343 Å². The van der Waals surface area contributed by atoms with E-state index >= 15 is 0 Å². The second-order valence-electron chi connectivity index (χ2n) is 24.9. The summed E-state index contributed by atoms with van der Waals surface area (Å²) >= 11 is 0. The highest BCUT2D eigenvalue weighted by atomic mass is 16.7. The molecule has 0 aromatic rings. The standard InChI is InChI=1S/C74H142N2O9/c1-7-13-19-23-35-46-65-82-72(83-66-47-36-24-20-14-8-2)56-55-71(78)81-64-45-39-31-34-44-59-76(62-63-77)61-50-60-75(57-42-32-27-25-29-37-48-67-84-73(79)69(51-17-11-5)53-40-21-15-9-3)58-43-33-28-26-30-38-49-68-85-74(80)70(52-18-12-6)54-41-22-16-10-4/h13-14,19-20,69-70,72,77H,7-12,15-18,21-68H2,1-6H3/b19-13-,20-14-. The molecular formula is C74H142N2O9. The maximum Gasteiger partial charge on any atom is 0.308 e. The van der Waals surface area contributed by atoms with Crippen LogP contribution in [-0.4, -0.2) is 118 Å². The molecule has 0 saturated carbocycles. The number of hydrogen-bond acceptors (Lipinski definition) is 11. The summed E-state index contributed by atoms with van der Waals surface area (Å²) in [6.07, 6.45) is 58.9. The number of nitrogens with zero attached hydrogens (tertiary/aromatic N) is 2. The molecular weight excluding hydrogens is 1060 g/mol. The SMILES string of the molecule is CC/C=C\CCCCOC(CCC(=O)OCCCCCCCN(CCO)CCCN(CCCCCCCCCOC(=O)C(CCCC)CCCCCC)CCCCCCCCCOC(=O)C(CCCC)CCCCCC)OCCCC/C=C\CC. The number of aliphatic hydroxyl groups is 1. The third-order valence-electron chi connectivity index (χ3n) is 16.8. The van der Waals surface area contributed by atoms with Crippen LogP contribution in [0.1, 0.15) is 337 Å². The number of ether oxygens (including phenoxy) is 5. The van der Waals surface area contributed by atoms with Gasteiger partial charge in [0.05, 0.1) is 44.7 Å². The van der Waals surface area contributed by atoms with Crippen LogP contribution in [0.25, 0.3) is 0 Å². The van der Waals surface area contributed by atoms with Gasteiger partial charge in [0.15, 0.2) is 6.29 Å². The predicted molar refractivity (Wildman–Crippen MR) is 360 cm³/mol. The van der Waals surface area contributed by atoms with Crippen LogP contribution in [0.5, 0.6) is 0 Å². The van der Waals surface area contributed by atoms with Crippen LogP contribution in [0.2, 0.25) is 0 Å². The molecule has 11 nitrogen and oxygen atoms in total. The molecule has 0 fully saturated rings.